The Balaban J connectivity index is 1.54. The fourth-order valence-electron chi connectivity index (χ4n) is 2.91. The van der Waals surface area contributed by atoms with Crippen LogP contribution in [0.1, 0.15) is 18.5 Å². The first-order valence-corrected chi connectivity index (χ1v) is 9.78. The number of amides is 1. The number of anilines is 1. The smallest absolute Gasteiger partial charge is 0.269 e. The van der Waals surface area contributed by atoms with Gasteiger partial charge >= 0.3 is 0 Å². The number of oxime groups is 1. The predicted octanol–water partition coefficient (Wildman–Crippen LogP) is 1.46. The van der Waals surface area contributed by atoms with Crippen LogP contribution in [0.2, 0.25) is 0 Å². The van der Waals surface area contributed by atoms with Crippen molar-refractivity contribution in [2.45, 2.75) is 31.0 Å². The molecule has 3 rings (SSSR count). The Morgan fingerprint density at radius 1 is 1.59 bits per heavy atom. The first kappa shape index (κ1) is 19.9. The molecule has 146 valence electrons. The zero-order chi connectivity index (χ0) is 19.6. The van der Waals surface area contributed by atoms with Crippen molar-refractivity contribution in [2.24, 2.45) is 5.16 Å². The summed E-state index contributed by atoms with van der Waals surface area (Å²) in [7, 11) is 1.50. The van der Waals surface area contributed by atoms with Crippen LogP contribution in [0, 0.1) is 0 Å². The van der Waals surface area contributed by atoms with Gasteiger partial charge in [-0.2, -0.15) is 0 Å². The SMILES string of the molecule is COC1=C(Br)[C@H](O)[C@]2(C=C1Br)CC(C(=O)NCCCc1cnc(N)[nH]1)=NO2. The van der Waals surface area contributed by atoms with Crippen molar-refractivity contribution in [2.75, 3.05) is 19.4 Å². The number of imidazole rings is 1. The molecule has 1 aliphatic heterocycles. The molecule has 1 aromatic heterocycles. The number of aryl methyl sites for hydroxylation is 1. The molecule has 0 radical (unpaired) electrons. The van der Waals surface area contributed by atoms with E-state index >= 15 is 0 Å². The van der Waals surface area contributed by atoms with Crippen molar-refractivity contribution < 1.29 is 19.5 Å². The van der Waals surface area contributed by atoms with Gasteiger partial charge in [-0.05, 0) is 50.8 Å². The monoisotopic (exact) mass is 503 g/mol. The zero-order valence-corrected chi connectivity index (χ0v) is 17.6. The molecule has 0 saturated carbocycles. The standard InChI is InChI=1S/C16H19Br2N5O4/c1-26-12-9(17)5-16(13(24)11(12)18)6-10(23-27-16)14(25)20-4-2-3-8-7-21-15(19)22-8/h5,7,13,24H,2-4,6H2,1H3,(H,20,25)(H3,19,21,22)/t13-,16-/m0/s1. The van der Waals surface area contributed by atoms with E-state index in [9.17, 15) is 9.90 Å². The van der Waals surface area contributed by atoms with Crippen LogP contribution in [0.25, 0.3) is 0 Å². The number of nitrogen functional groups attached to an aromatic ring is 1. The number of halogens is 2. The van der Waals surface area contributed by atoms with Crippen LogP contribution in [-0.4, -0.2) is 52.1 Å². The van der Waals surface area contributed by atoms with E-state index in [1.54, 1.807) is 12.3 Å². The average Bonchev–Trinajstić information content (AvgIpc) is 3.24. The average molecular weight is 505 g/mol. The maximum absolute atomic E-state index is 12.4. The number of carbonyl (C=O) groups excluding carboxylic acids is 1. The van der Waals surface area contributed by atoms with Gasteiger partial charge in [0.2, 0.25) is 0 Å². The Morgan fingerprint density at radius 2 is 2.37 bits per heavy atom. The van der Waals surface area contributed by atoms with E-state index in [0.717, 1.165) is 5.69 Å². The Kier molecular flexibility index (Phi) is 5.92. The highest BCUT2D eigenvalue weighted by Crippen LogP contribution is 2.43. The van der Waals surface area contributed by atoms with Crippen LogP contribution in [0.5, 0.6) is 0 Å². The fraction of sp³-hybridized carbons (Fsp3) is 0.438. The van der Waals surface area contributed by atoms with Gasteiger partial charge in [0.1, 0.15) is 17.6 Å². The number of aromatic amines is 1. The minimum absolute atomic E-state index is 0.137. The molecule has 5 N–H and O–H groups in total. The third-order valence-electron chi connectivity index (χ3n) is 4.30. The number of rotatable bonds is 6. The van der Waals surface area contributed by atoms with Gasteiger partial charge in [-0.15, -0.1) is 0 Å². The van der Waals surface area contributed by atoms with Gasteiger partial charge in [-0.25, -0.2) is 4.98 Å². The molecule has 9 nitrogen and oxygen atoms in total. The van der Waals surface area contributed by atoms with E-state index in [4.69, 9.17) is 15.3 Å². The molecule has 1 aromatic rings. The molecule has 0 bridgehead atoms. The quantitative estimate of drug-likeness (QED) is 0.433. The van der Waals surface area contributed by atoms with E-state index in [0.29, 0.717) is 40.1 Å². The summed E-state index contributed by atoms with van der Waals surface area (Å²) in [5.74, 6) is 0.512. The summed E-state index contributed by atoms with van der Waals surface area (Å²) in [4.78, 5) is 24.7. The highest BCUT2D eigenvalue weighted by atomic mass is 79.9. The molecule has 1 amide bonds. The molecule has 2 aliphatic rings. The van der Waals surface area contributed by atoms with Crippen molar-refractivity contribution in [3.8, 4) is 0 Å². The predicted molar refractivity (Wildman–Crippen MR) is 106 cm³/mol. The molecule has 1 spiro atoms. The number of nitrogens with two attached hydrogens (primary N) is 1. The lowest BCUT2D eigenvalue weighted by Crippen LogP contribution is -2.45. The molecule has 2 heterocycles. The lowest BCUT2D eigenvalue weighted by molar-refractivity contribution is -0.114. The lowest BCUT2D eigenvalue weighted by Gasteiger charge is -2.33. The molecular formula is C16H19Br2N5O4. The number of aromatic nitrogens is 2. The van der Waals surface area contributed by atoms with Gasteiger partial charge in [0.15, 0.2) is 11.5 Å². The molecule has 27 heavy (non-hydrogen) atoms. The number of methoxy groups -OCH3 is 1. The molecule has 1 aliphatic carbocycles. The van der Waals surface area contributed by atoms with Crippen LogP contribution in [0.3, 0.4) is 0 Å². The summed E-state index contributed by atoms with van der Waals surface area (Å²) in [5.41, 5.74) is 5.50. The van der Waals surface area contributed by atoms with Gasteiger partial charge in [0.25, 0.3) is 5.91 Å². The van der Waals surface area contributed by atoms with E-state index < -0.39 is 11.7 Å². The maximum atomic E-state index is 12.4. The summed E-state index contributed by atoms with van der Waals surface area (Å²) in [6.07, 6.45) is 3.85. The van der Waals surface area contributed by atoms with Gasteiger partial charge in [-0.1, -0.05) is 5.16 Å². The van der Waals surface area contributed by atoms with Crippen LogP contribution >= 0.6 is 31.9 Å². The van der Waals surface area contributed by atoms with Crippen molar-refractivity contribution in [3.63, 3.8) is 0 Å². The topological polar surface area (TPSA) is 135 Å². The van der Waals surface area contributed by atoms with Gasteiger partial charge in [0.05, 0.1) is 22.3 Å². The summed E-state index contributed by atoms with van der Waals surface area (Å²) in [6.45, 7) is 0.462. The van der Waals surface area contributed by atoms with E-state index in [-0.39, 0.29) is 18.0 Å². The van der Waals surface area contributed by atoms with Gasteiger partial charge < -0.3 is 30.7 Å². The molecular weight excluding hydrogens is 486 g/mol. The number of aliphatic hydroxyl groups is 1. The van der Waals surface area contributed by atoms with E-state index in [1.165, 1.54) is 7.11 Å². The first-order chi connectivity index (χ1) is 12.9. The molecule has 0 saturated heterocycles. The van der Waals surface area contributed by atoms with Crippen molar-refractivity contribution in [3.05, 3.63) is 32.7 Å². The number of aliphatic hydroxyl groups excluding tert-OH is 1. The van der Waals surface area contributed by atoms with Crippen LogP contribution < -0.4 is 11.1 Å². The minimum atomic E-state index is -1.15. The second kappa shape index (κ2) is 8.03. The lowest BCUT2D eigenvalue weighted by atomic mass is 9.87. The van der Waals surface area contributed by atoms with Gasteiger partial charge in [-0.3, -0.25) is 4.79 Å². The van der Waals surface area contributed by atoms with Gasteiger partial charge in [0, 0.05) is 18.7 Å². The number of allylic oxidation sites excluding steroid dienone is 1. The number of hydrogen-bond acceptors (Lipinski definition) is 7. The number of ether oxygens (including phenoxy) is 1. The highest BCUT2D eigenvalue weighted by molar-refractivity contribution is 9.12. The highest BCUT2D eigenvalue weighted by Gasteiger charge is 2.50. The Labute approximate surface area is 172 Å². The number of carbonyl (C=O) groups is 1. The Hall–Kier alpha value is -1.85. The number of nitrogens with zero attached hydrogens (tertiary/aromatic N) is 2. The molecule has 2 atom stereocenters. The zero-order valence-electron chi connectivity index (χ0n) is 14.5. The minimum Gasteiger partial charge on any atom is -0.495 e. The fourth-order valence-corrected chi connectivity index (χ4v) is 4.70. The third-order valence-corrected chi connectivity index (χ3v) is 5.68. The normalized spacial score (nSPS) is 24.5. The van der Waals surface area contributed by atoms with E-state index in [2.05, 4.69) is 52.3 Å². The molecule has 11 heteroatoms. The van der Waals surface area contributed by atoms with Crippen molar-refractivity contribution in [1.29, 1.82) is 0 Å². The summed E-state index contributed by atoms with van der Waals surface area (Å²) < 4.78 is 6.27. The molecule has 0 unspecified atom stereocenters. The summed E-state index contributed by atoms with van der Waals surface area (Å²) >= 11 is 6.71. The Bertz CT molecular complexity index is 835. The summed E-state index contributed by atoms with van der Waals surface area (Å²) in [6, 6.07) is 0. The Morgan fingerprint density at radius 3 is 3.04 bits per heavy atom. The second-order valence-corrected chi connectivity index (χ2v) is 7.90. The largest absolute Gasteiger partial charge is 0.495 e. The number of H-pyrrole nitrogens is 1. The summed E-state index contributed by atoms with van der Waals surface area (Å²) in [5, 5.41) is 17.3. The first-order valence-electron chi connectivity index (χ1n) is 8.19. The van der Waals surface area contributed by atoms with E-state index in [1.807, 2.05) is 0 Å². The second-order valence-electron chi connectivity index (χ2n) is 6.19. The van der Waals surface area contributed by atoms with Crippen molar-refractivity contribution in [1.82, 2.24) is 15.3 Å². The van der Waals surface area contributed by atoms with Crippen molar-refractivity contribution >= 4 is 49.4 Å². The maximum Gasteiger partial charge on any atom is 0.269 e. The van der Waals surface area contributed by atoms with Crippen LogP contribution in [-0.2, 0) is 20.8 Å². The number of nitrogens with one attached hydrogen (secondary N) is 2. The molecule has 0 fully saturated rings. The van der Waals surface area contributed by atoms with Crippen LogP contribution in [0.15, 0.2) is 32.2 Å². The van der Waals surface area contributed by atoms with Crippen LogP contribution in [0.4, 0.5) is 5.95 Å². The molecule has 0 aromatic carbocycles. The number of hydrogen-bond donors (Lipinski definition) is 4. The third kappa shape index (κ3) is 4.04.